The molecule has 0 N–H and O–H groups in total. The van der Waals surface area contributed by atoms with E-state index in [1.54, 1.807) is 0 Å². The lowest BCUT2D eigenvalue weighted by atomic mass is 9.67. The topological polar surface area (TPSA) is 33.0 Å². The van der Waals surface area contributed by atoms with E-state index in [4.69, 9.17) is 4.74 Å². The van der Waals surface area contributed by atoms with Gasteiger partial charge in [-0.05, 0) is 66.8 Å². The number of benzene rings is 2. The van der Waals surface area contributed by atoms with Gasteiger partial charge in [0.25, 0.3) is 0 Å². The normalized spacial score (nSPS) is 20.3. The fraction of sp³-hybridized carbons (Fsp3) is 0.581. The van der Waals surface area contributed by atoms with Gasteiger partial charge in [-0.25, -0.2) is 0 Å². The zero-order valence-electron chi connectivity index (χ0n) is 21.0. The maximum atomic E-state index is 10.1. The molecule has 2 heteroatoms. The predicted molar refractivity (Wildman–Crippen MR) is 140 cm³/mol. The first-order valence-electron chi connectivity index (χ1n) is 13.5. The van der Waals surface area contributed by atoms with Gasteiger partial charge < -0.3 is 4.74 Å². The van der Waals surface area contributed by atoms with Crippen molar-refractivity contribution in [3.63, 3.8) is 0 Å². The largest absolute Gasteiger partial charge is 0.494 e. The summed E-state index contributed by atoms with van der Waals surface area (Å²) < 4.78 is 5.93. The Morgan fingerprint density at radius 1 is 0.788 bits per heavy atom. The van der Waals surface area contributed by atoms with E-state index in [-0.39, 0.29) is 5.41 Å². The van der Waals surface area contributed by atoms with Crippen LogP contribution in [0, 0.1) is 17.2 Å². The van der Waals surface area contributed by atoms with Gasteiger partial charge in [-0.3, -0.25) is 0 Å². The number of rotatable bonds is 13. The third kappa shape index (κ3) is 7.36. The second-order valence-electron chi connectivity index (χ2n) is 10.00. The molecule has 0 radical (unpaired) electrons. The van der Waals surface area contributed by atoms with E-state index in [0.29, 0.717) is 0 Å². The third-order valence-electron chi connectivity index (χ3n) is 7.53. The summed E-state index contributed by atoms with van der Waals surface area (Å²) in [5.74, 6) is 1.76. The molecule has 0 saturated heterocycles. The van der Waals surface area contributed by atoms with Gasteiger partial charge in [0.1, 0.15) is 5.75 Å². The van der Waals surface area contributed by atoms with E-state index >= 15 is 0 Å². The molecule has 0 aromatic heterocycles. The van der Waals surface area contributed by atoms with Crippen LogP contribution in [0.25, 0.3) is 11.1 Å². The van der Waals surface area contributed by atoms with E-state index in [1.165, 1.54) is 80.9 Å². The monoisotopic (exact) mass is 445 g/mol. The SMILES string of the molecule is CCCCCCCCOc1ccc(-c2ccc(C3(C#N)CCC(CCCC)CC3)cc2)cc1. The number of hydrogen-bond acceptors (Lipinski definition) is 2. The molecule has 1 fully saturated rings. The van der Waals surface area contributed by atoms with Gasteiger partial charge in [-0.15, -0.1) is 0 Å². The summed E-state index contributed by atoms with van der Waals surface area (Å²) in [5.41, 5.74) is 3.30. The number of unbranched alkanes of at least 4 members (excludes halogenated alkanes) is 6. The predicted octanol–water partition coefficient (Wildman–Crippen LogP) is 9.23. The lowest BCUT2D eigenvalue weighted by molar-refractivity contribution is 0.263. The smallest absolute Gasteiger partial charge is 0.119 e. The Bertz CT molecular complexity index is 838. The first kappa shape index (κ1) is 25.4. The molecule has 0 spiro atoms. The van der Waals surface area contributed by atoms with Crippen LogP contribution in [0.4, 0.5) is 0 Å². The molecule has 0 heterocycles. The van der Waals surface area contributed by atoms with Crippen molar-refractivity contribution < 1.29 is 4.74 Å². The summed E-state index contributed by atoms with van der Waals surface area (Å²) in [6.07, 6.45) is 16.0. The molecule has 0 amide bonds. The lowest BCUT2D eigenvalue weighted by Crippen LogP contribution is -2.30. The number of hydrogen-bond donors (Lipinski definition) is 0. The Balaban J connectivity index is 1.52. The van der Waals surface area contributed by atoms with E-state index in [9.17, 15) is 5.26 Å². The Labute approximate surface area is 202 Å². The van der Waals surface area contributed by atoms with E-state index in [1.807, 2.05) is 0 Å². The highest BCUT2D eigenvalue weighted by molar-refractivity contribution is 5.64. The van der Waals surface area contributed by atoms with Crippen LogP contribution < -0.4 is 4.74 Å². The summed E-state index contributed by atoms with van der Waals surface area (Å²) in [7, 11) is 0. The third-order valence-corrected chi connectivity index (χ3v) is 7.53. The van der Waals surface area contributed by atoms with Crippen LogP contribution in [0.1, 0.15) is 103 Å². The second-order valence-corrected chi connectivity index (χ2v) is 10.00. The second kappa shape index (κ2) is 13.4. The van der Waals surface area contributed by atoms with Crippen molar-refractivity contribution in [1.82, 2.24) is 0 Å². The van der Waals surface area contributed by atoms with Crippen LogP contribution in [0.3, 0.4) is 0 Å². The molecule has 2 aromatic rings. The first-order valence-corrected chi connectivity index (χ1v) is 13.5. The minimum atomic E-state index is -0.296. The summed E-state index contributed by atoms with van der Waals surface area (Å²) in [6.45, 7) is 5.32. The van der Waals surface area contributed by atoms with Crippen LogP contribution in [-0.4, -0.2) is 6.61 Å². The fourth-order valence-electron chi connectivity index (χ4n) is 5.21. The molecule has 178 valence electrons. The zero-order chi connectivity index (χ0) is 23.4. The van der Waals surface area contributed by atoms with Crippen molar-refractivity contribution in [2.24, 2.45) is 5.92 Å². The van der Waals surface area contributed by atoms with Crippen molar-refractivity contribution in [3.05, 3.63) is 54.1 Å². The highest BCUT2D eigenvalue weighted by atomic mass is 16.5. The van der Waals surface area contributed by atoms with Crippen LogP contribution in [0.15, 0.2) is 48.5 Å². The molecular weight excluding hydrogens is 402 g/mol. The highest BCUT2D eigenvalue weighted by Crippen LogP contribution is 2.43. The standard InChI is InChI=1S/C31H43NO/c1-3-5-7-8-9-10-24-33-30-18-14-28(15-19-30)27-12-16-29(17-13-27)31(25-32)22-20-26(21-23-31)11-6-4-2/h12-19,26H,3-11,20-24H2,1-2H3. The molecule has 0 aliphatic heterocycles. The molecule has 0 bridgehead atoms. The Hall–Kier alpha value is -2.27. The minimum absolute atomic E-state index is 0.296. The van der Waals surface area contributed by atoms with Crippen molar-refractivity contribution in [2.45, 2.75) is 103 Å². The molecule has 0 atom stereocenters. The van der Waals surface area contributed by atoms with E-state index in [2.05, 4.69) is 68.4 Å². The maximum absolute atomic E-state index is 10.1. The number of nitrogens with zero attached hydrogens (tertiary/aromatic N) is 1. The summed E-state index contributed by atoms with van der Waals surface area (Å²) >= 11 is 0. The molecular formula is C31H43NO. The summed E-state index contributed by atoms with van der Waals surface area (Å²) in [4.78, 5) is 0. The van der Waals surface area contributed by atoms with Crippen molar-refractivity contribution in [1.29, 1.82) is 5.26 Å². The first-order chi connectivity index (χ1) is 16.2. The van der Waals surface area contributed by atoms with Crippen LogP contribution in [-0.2, 0) is 5.41 Å². The number of ether oxygens (including phenoxy) is 1. The molecule has 1 aliphatic carbocycles. The van der Waals surface area contributed by atoms with Gasteiger partial charge in [-0.1, -0.05) is 102 Å². The minimum Gasteiger partial charge on any atom is -0.494 e. The molecule has 1 aliphatic rings. The Kier molecular flexibility index (Phi) is 10.3. The maximum Gasteiger partial charge on any atom is 0.119 e. The van der Waals surface area contributed by atoms with Crippen LogP contribution in [0.2, 0.25) is 0 Å². The van der Waals surface area contributed by atoms with E-state index < -0.39 is 0 Å². The molecule has 2 aromatic carbocycles. The van der Waals surface area contributed by atoms with Gasteiger partial charge in [0.15, 0.2) is 0 Å². The molecule has 2 nitrogen and oxygen atoms in total. The zero-order valence-corrected chi connectivity index (χ0v) is 21.0. The van der Waals surface area contributed by atoms with Gasteiger partial charge in [0.05, 0.1) is 18.1 Å². The molecule has 1 saturated carbocycles. The Morgan fingerprint density at radius 2 is 1.36 bits per heavy atom. The highest BCUT2D eigenvalue weighted by Gasteiger charge is 2.36. The fourth-order valence-corrected chi connectivity index (χ4v) is 5.21. The van der Waals surface area contributed by atoms with Crippen LogP contribution >= 0.6 is 0 Å². The van der Waals surface area contributed by atoms with Gasteiger partial charge in [0, 0.05) is 0 Å². The Morgan fingerprint density at radius 3 is 1.97 bits per heavy atom. The quantitative estimate of drug-likeness (QED) is 0.288. The average Bonchev–Trinajstić information content (AvgIpc) is 2.88. The molecule has 3 rings (SSSR count). The number of nitriles is 1. The van der Waals surface area contributed by atoms with Crippen molar-refractivity contribution in [2.75, 3.05) is 6.61 Å². The van der Waals surface area contributed by atoms with Gasteiger partial charge in [0.2, 0.25) is 0 Å². The van der Waals surface area contributed by atoms with Gasteiger partial charge in [-0.2, -0.15) is 5.26 Å². The summed E-state index contributed by atoms with van der Waals surface area (Å²) in [6, 6.07) is 19.9. The van der Waals surface area contributed by atoms with Crippen LogP contribution in [0.5, 0.6) is 5.75 Å². The molecule has 33 heavy (non-hydrogen) atoms. The van der Waals surface area contributed by atoms with E-state index in [0.717, 1.165) is 37.5 Å². The summed E-state index contributed by atoms with van der Waals surface area (Å²) in [5, 5.41) is 10.1. The lowest BCUT2D eigenvalue weighted by Gasteiger charge is -2.35. The van der Waals surface area contributed by atoms with Gasteiger partial charge >= 0.3 is 0 Å². The van der Waals surface area contributed by atoms with Crippen molar-refractivity contribution >= 4 is 0 Å². The average molecular weight is 446 g/mol. The molecule has 0 unspecified atom stereocenters. The van der Waals surface area contributed by atoms with Crippen molar-refractivity contribution in [3.8, 4) is 22.9 Å².